The lowest BCUT2D eigenvalue weighted by molar-refractivity contribution is -0.192. The number of carbonyl (C=O) groups excluding carboxylic acids is 1. The number of aliphatic hydroxyl groups excluding tert-OH is 1. The molecule has 0 radical (unpaired) electrons. The van der Waals surface area contributed by atoms with Gasteiger partial charge < -0.3 is 26.6 Å². The maximum atomic E-state index is 12.7. The van der Waals surface area contributed by atoms with Gasteiger partial charge in [0.1, 0.15) is 5.69 Å². The van der Waals surface area contributed by atoms with Crippen LogP contribution in [0.1, 0.15) is 36.2 Å². The Labute approximate surface area is 196 Å². The number of nitrogens with two attached hydrogens (primary N) is 1. The van der Waals surface area contributed by atoms with E-state index >= 15 is 0 Å². The van der Waals surface area contributed by atoms with Crippen LogP contribution in [-0.4, -0.2) is 71.3 Å². The van der Waals surface area contributed by atoms with Crippen molar-refractivity contribution in [2.45, 2.75) is 50.5 Å². The van der Waals surface area contributed by atoms with Crippen molar-refractivity contribution >= 4 is 29.0 Å². The smallest absolute Gasteiger partial charge is 0.475 e. The third kappa shape index (κ3) is 6.89. The van der Waals surface area contributed by atoms with Gasteiger partial charge in [-0.3, -0.25) is 9.48 Å². The van der Waals surface area contributed by atoms with Gasteiger partial charge in [0.25, 0.3) is 5.91 Å². The summed E-state index contributed by atoms with van der Waals surface area (Å²) in [5.41, 5.74) is 7.86. The first-order chi connectivity index (χ1) is 16.6. The minimum atomic E-state index is -5.08. The van der Waals surface area contributed by atoms with Crippen molar-refractivity contribution in [2.24, 2.45) is 5.73 Å². The Kier molecular flexibility index (Phi) is 8.24. The second-order valence-electron chi connectivity index (χ2n) is 7.81. The van der Waals surface area contributed by atoms with E-state index in [1.54, 1.807) is 33.7 Å². The number of nitrogens with one attached hydrogen (secondary N) is 2. The summed E-state index contributed by atoms with van der Waals surface area (Å²) in [5.74, 6) is -2.61. The van der Waals surface area contributed by atoms with Crippen molar-refractivity contribution < 1.29 is 33.0 Å². The first-order valence-corrected chi connectivity index (χ1v) is 10.7. The molecule has 4 rings (SSSR count). The highest BCUT2D eigenvalue weighted by atomic mass is 19.4. The number of alkyl halides is 3. The monoisotopic (exact) mass is 498 g/mol. The Morgan fingerprint density at radius 2 is 1.91 bits per heavy atom. The zero-order valence-electron chi connectivity index (χ0n) is 18.4. The molecule has 1 aliphatic rings. The largest absolute Gasteiger partial charge is 0.490 e. The van der Waals surface area contributed by atoms with E-state index in [1.807, 2.05) is 0 Å². The van der Waals surface area contributed by atoms with Crippen LogP contribution in [0, 0.1) is 0 Å². The van der Waals surface area contributed by atoms with E-state index in [0.717, 1.165) is 31.2 Å². The zero-order valence-corrected chi connectivity index (χ0v) is 18.4. The number of amides is 1. The maximum absolute atomic E-state index is 12.7. The fraction of sp³-hybridized carbons (Fsp3) is 0.450. The number of hydrogen-bond donors (Lipinski definition) is 5. The van der Waals surface area contributed by atoms with Gasteiger partial charge in [-0.25, -0.2) is 14.3 Å². The summed E-state index contributed by atoms with van der Waals surface area (Å²) >= 11 is 0. The van der Waals surface area contributed by atoms with Gasteiger partial charge in [-0.2, -0.15) is 18.3 Å². The predicted octanol–water partition coefficient (Wildman–Crippen LogP) is 1.49. The van der Waals surface area contributed by atoms with E-state index < -0.39 is 12.1 Å². The van der Waals surface area contributed by atoms with Crippen molar-refractivity contribution in [3.8, 4) is 0 Å². The van der Waals surface area contributed by atoms with Crippen LogP contribution >= 0.6 is 0 Å². The molecule has 0 aromatic carbocycles. The predicted molar refractivity (Wildman–Crippen MR) is 118 cm³/mol. The van der Waals surface area contributed by atoms with Crippen LogP contribution in [0.5, 0.6) is 0 Å². The number of aliphatic carboxylic acids is 1. The van der Waals surface area contributed by atoms with Gasteiger partial charge in [-0.15, -0.1) is 5.10 Å². The number of anilines is 2. The molecule has 3 aromatic heterocycles. The van der Waals surface area contributed by atoms with Gasteiger partial charge in [-0.1, -0.05) is 12.8 Å². The highest BCUT2D eigenvalue weighted by Gasteiger charge is 2.38. The number of fused-ring (bicyclic) bond motifs is 1. The zero-order chi connectivity index (χ0) is 25.6. The molecule has 0 unspecified atom stereocenters. The highest BCUT2D eigenvalue weighted by molar-refractivity contribution is 6.03. The van der Waals surface area contributed by atoms with Crippen molar-refractivity contribution in [3.63, 3.8) is 0 Å². The Bertz CT molecular complexity index is 1160. The minimum Gasteiger partial charge on any atom is -0.475 e. The van der Waals surface area contributed by atoms with Gasteiger partial charge in [-0.05, 0) is 25.0 Å². The standard InChI is InChI=1S/C18H24N8O2.C2HF3O2/c19-14-3-1-2-4-15(14)23-18-20-10-13-5-6-16(26(13)24-18)17(28)22-12-9-21-25(11-12)7-8-27;3-2(4,5)1(6)7/h5-6,9-11,14-15,27H,1-4,7-8,19H2,(H,22,28)(H,23,24);(H,6,7)/t14-,15+;/m0./s1. The number of halogens is 3. The average Bonchev–Trinajstić information content (AvgIpc) is 3.42. The quantitative estimate of drug-likeness (QED) is 0.337. The summed E-state index contributed by atoms with van der Waals surface area (Å²) in [5, 5.41) is 30.8. The molecular weight excluding hydrogens is 473 g/mol. The number of aromatic nitrogens is 5. The van der Waals surface area contributed by atoms with Crippen molar-refractivity contribution in [2.75, 3.05) is 17.2 Å². The number of carboxylic acid groups (broad SMARTS) is 1. The number of hydrogen-bond acceptors (Lipinski definition) is 8. The fourth-order valence-electron chi connectivity index (χ4n) is 3.49. The SMILES string of the molecule is N[C@H]1CCCC[C@H]1Nc1ncc2ccc(C(=O)Nc3cnn(CCO)c3)n2n1.O=C(O)C(F)(F)F. The maximum Gasteiger partial charge on any atom is 0.490 e. The lowest BCUT2D eigenvalue weighted by Gasteiger charge is -2.29. The lowest BCUT2D eigenvalue weighted by Crippen LogP contribution is -2.43. The van der Waals surface area contributed by atoms with Crippen LogP contribution in [0.15, 0.2) is 30.7 Å². The van der Waals surface area contributed by atoms with Crippen molar-refractivity contribution in [1.82, 2.24) is 24.4 Å². The highest BCUT2D eigenvalue weighted by Crippen LogP contribution is 2.20. The number of carboxylic acids is 1. The molecule has 1 fully saturated rings. The van der Waals surface area contributed by atoms with Gasteiger partial charge in [0.2, 0.25) is 5.95 Å². The summed E-state index contributed by atoms with van der Waals surface area (Å²) in [7, 11) is 0. The molecule has 12 nitrogen and oxygen atoms in total. The molecule has 6 N–H and O–H groups in total. The molecule has 0 bridgehead atoms. The molecule has 1 aliphatic carbocycles. The van der Waals surface area contributed by atoms with E-state index in [4.69, 9.17) is 20.7 Å². The molecule has 15 heteroatoms. The summed E-state index contributed by atoms with van der Waals surface area (Å²) in [6.07, 6.45) is 4.05. The molecule has 190 valence electrons. The molecular formula is C20H25F3N8O4. The molecule has 0 saturated heterocycles. The van der Waals surface area contributed by atoms with Crippen LogP contribution in [0.25, 0.3) is 5.52 Å². The lowest BCUT2D eigenvalue weighted by atomic mass is 9.91. The second-order valence-corrected chi connectivity index (χ2v) is 7.81. The van der Waals surface area contributed by atoms with Gasteiger partial charge >= 0.3 is 12.1 Å². The van der Waals surface area contributed by atoms with Gasteiger partial charge in [0, 0.05) is 18.3 Å². The number of aliphatic hydroxyl groups is 1. The molecule has 1 saturated carbocycles. The van der Waals surface area contributed by atoms with Crippen LogP contribution in [0.4, 0.5) is 24.8 Å². The number of carbonyl (C=O) groups is 2. The van der Waals surface area contributed by atoms with Crippen LogP contribution in [0.2, 0.25) is 0 Å². The number of rotatable bonds is 6. The Hall–Kier alpha value is -3.72. The van der Waals surface area contributed by atoms with E-state index in [-0.39, 0.29) is 24.6 Å². The summed E-state index contributed by atoms with van der Waals surface area (Å²) in [6.45, 7) is 0.352. The first kappa shape index (κ1) is 25.9. The third-order valence-corrected chi connectivity index (χ3v) is 5.23. The van der Waals surface area contributed by atoms with E-state index in [2.05, 4.69) is 25.8 Å². The van der Waals surface area contributed by atoms with Crippen LogP contribution in [-0.2, 0) is 11.3 Å². The Balaban J connectivity index is 0.000000429. The second kappa shape index (κ2) is 11.1. The van der Waals surface area contributed by atoms with Crippen molar-refractivity contribution in [1.29, 1.82) is 0 Å². The Morgan fingerprint density at radius 3 is 2.57 bits per heavy atom. The molecule has 2 atom stereocenters. The van der Waals surface area contributed by atoms with Crippen molar-refractivity contribution in [3.05, 3.63) is 36.4 Å². The molecule has 35 heavy (non-hydrogen) atoms. The summed E-state index contributed by atoms with van der Waals surface area (Å²) in [4.78, 5) is 25.9. The number of nitrogens with zero attached hydrogens (tertiary/aromatic N) is 5. The topological polar surface area (TPSA) is 173 Å². The normalized spacial score (nSPS) is 18.0. The van der Waals surface area contributed by atoms with Crippen LogP contribution < -0.4 is 16.4 Å². The average molecular weight is 498 g/mol. The summed E-state index contributed by atoms with van der Waals surface area (Å²) in [6, 6.07) is 3.71. The fourth-order valence-corrected chi connectivity index (χ4v) is 3.49. The third-order valence-electron chi connectivity index (χ3n) is 5.23. The van der Waals surface area contributed by atoms with E-state index in [0.29, 0.717) is 23.9 Å². The molecule has 3 aromatic rings. The van der Waals surface area contributed by atoms with E-state index in [1.165, 1.54) is 6.20 Å². The summed E-state index contributed by atoms with van der Waals surface area (Å²) < 4.78 is 34.9. The van der Waals surface area contributed by atoms with Gasteiger partial charge in [0.05, 0.1) is 36.7 Å². The van der Waals surface area contributed by atoms with E-state index in [9.17, 15) is 18.0 Å². The Morgan fingerprint density at radius 1 is 1.20 bits per heavy atom. The molecule has 3 heterocycles. The molecule has 1 amide bonds. The first-order valence-electron chi connectivity index (χ1n) is 10.7. The minimum absolute atomic E-state index is 0.0181. The van der Waals surface area contributed by atoms with Gasteiger partial charge in [0.15, 0.2) is 0 Å². The molecule has 0 spiro atoms. The molecule has 0 aliphatic heterocycles. The van der Waals surface area contributed by atoms with Crippen LogP contribution in [0.3, 0.4) is 0 Å².